The molecule has 0 bridgehead atoms. The van der Waals surface area contributed by atoms with Gasteiger partial charge in [-0.1, -0.05) is 51.9 Å². The van der Waals surface area contributed by atoms with Crippen LogP contribution in [-0.4, -0.2) is 17.6 Å². The molecule has 2 aromatic rings. The van der Waals surface area contributed by atoms with E-state index in [2.05, 4.69) is 11.9 Å². The Morgan fingerprint density at radius 1 is 0.933 bits per heavy atom. The molecule has 0 saturated heterocycles. The normalized spacial score (nSPS) is 18.7. The van der Waals surface area contributed by atoms with Gasteiger partial charge in [-0.2, -0.15) is 0 Å². The van der Waals surface area contributed by atoms with Gasteiger partial charge in [-0.3, -0.25) is 4.98 Å². The number of nitrogens with zero attached hydrogens (tertiary/aromatic N) is 1. The monoisotopic (exact) mass is 409 g/mol. The first kappa shape index (κ1) is 22.3. The summed E-state index contributed by atoms with van der Waals surface area (Å²) in [4.78, 5) is 16.8. The van der Waals surface area contributed by atoms with E-state index in [4.69, 9.17) is 9.47 Å². The maximum atomic E-state index is 12.3. The lowest BCUT2D eigenvalue weighted by molar-refractivity contribution is 0.0734. The molecule has 0 aliphatic heterocycles. The molecule has 4 nitrogen and oxygen atoms in total. The second-order valence-electron chi connectivity index (χ2n) is 8.40. The number of rotatable bonds is 10. The van der Waals surface area contributed by atoms with Crippen molar-refractivity contribution in [3.63, 3.8) is 0 Å². The van der Waals surface area contributed by atoms with Crippen molar-refractivity contribution >= 4 is 5.97 Å². The SMILES string of the molecule is CCCCC1CCC(CCc2ccc(OC(=O)c3ccc(OCC)cc3)cn2)CC1. The van der Waals surface area contributed by atoms with Gasteiger partial charge in [0.2, 0.25) is 0 Å². The molecule has 0 amide bonds. The van der Waals surface area contributed by atoms with Crippen LogP contribution in [0.4, 0.5) is 0 Å². The van der Waals surface area contributed by atoms with Gasteiger partial charge in [0.25, 0.3) is 0 Å². The minimum atomic E-state index is -0.382. The van der Waals surface area contributed by atoms with E-state index in [1.54, 1.807) is 30.5 Å². The highest BCUT2D eigenvalue weighted by Crippen LogP contribution is 2.34. The Morgan fingerprint density at radius 3 is 2.20 bits per heavy atom. The molecule has 0 atom stereocenters. The van der Waals surface area contributed by atoms with E-state index < -0.39 is 0 Å². The van der Waals surface area contributed by atoms with Crippen LogP contribution in [0.1, 0.15) is 81.3 Å². The molecule has 1 aromatic heterocycles. The second kappa shape index (κ2) is 11.7. The first-order valence-electron chi connectivity index (χ1n) is 11.6. The molecule has 162 valence electrons. The van der Waals surface area contributed by atoms with Crippen LogP contribution >= 0.6 is 0 Å². The largest absolute Gasteiger partial charge is 0.494 e. The fourth-order valence-corrected chi connectivity index (χ4v) is 4.29. The maximum Gasteiger partial charge on any atom is 0.343 e. The maximum absolute atomic E-state index is 12.3. The van der Waals surface area contributed by atoms with Crippen LogP contribution < -0.4 is 9.47 Å². The highest BCUT2D eigenvalue weighted by molar-refractivity contribution is 5.91. The predicted octanol–water partition coefficient (Wildman–Crippen LogP) is 6.63. The Kier molecular flexibility index (Phi) is 8.73. The molecule has 1 fully saturated rings. The molecule has 30 heavy (non-hydrogen) atoms. The van der Waals surface area contributed by atoms with Crippen LogP contribution in [0.5, 0.6) is 11.5 Å². The number of carbonyl (C=O) groups excluding carboxylic acids is 1. The van der Waals surface area contributed by atoms with Crippen LogP contribution in [0, 0.1) is 11.8 Å². The molecule has 1 aliphatic rings. The summed E-state index contributed by atoms with van der Waals surface area (Å²) >= 11 is 0. The Labute approximate surface area is 181 Å². The lowest BCUT2D eigenvalue weighted by Crippen LogP contribution is -2.15. The van der Waals surface area contributed by atoms with Gasteiger partial charge in [-0.25, -0.2) is 4.79 Å². The zero-order valence-corrected chi connectivity index (χ0v) is 18.4. The number of carbonyl (C=O) groups is 1. The van der Waals surface area contributed by atoms with Crippen LogP contribution in [0.25, 0.3) is 0 Å². The van der Waals surface area contributed by atoms with Crippen molar-refractivity contribution in [2.75, 3.05) is 6.61 Å². The van der Waals surface area contributed by atoms with Gasteiger partial charge < -0.3 is 9.47 Å². The smallest absolute Gasteiger partial charge is 0.343 e. The number of hydrogen-bond donors (Lipinski definition) is 0. The van der Waals surface area contributed by atoms with Crippen molar-refractivity contribution in [2.24, 2.45) is 11.8 Å². The number of aromatic nitrogens is 1. The Hall–Kier alpha value is -2.36. The molecule has 0 radical (unpaired) electrons. The van der Waals surface area contributed by atoms with E-state index in [1.807, 2.05) is 19.1 Å². The third kappa shape index (κ3) is 6.86. The number of ether oxygens (including phenoxy) is 2. The van der Waals surface area contributed by atoms with Gasteiger partial charge in [-0.05, 0) is 68.0 Å². The minimum absolute atomic E-state index is 0.382. The van der Waals surface area contributed by atoms with Gasteiger partial charge in [0.1, 0.15) is 11.5 Å². The fourth-order valence-electron chi connectivity index (χ4n) is 4.29. The van der Waals surface area contributed by atoms with Crippen molar-refractivity contribution in [3.05, 3.63) is 53.9 Å². The third-order valence-electron chi connectivity index (χ3n) is 6.15. The number of aryl methyl sites for hydroxylation is 1. The third-order valence-corrected chi connectivity index (χ3v) is 6.15. The number of esters is 1. The molecule has 4 heteroatoms. The molecule has 0 unspecified atom stereocenters. The first-order chi connectivity index (χ1) is 14.7. The van der Waals surface area contributed by atoms with Gasteiger partial charge in [0, 0.05) is 5.69 Å². The molecule has 3 rings (SSSR count). The predicted molar refractivity (Wildman–Crippen MR) is 120 cm³/mol. The molecule has 1 saturated carbocycles. The minimum Gasteiger partial charge on any atom is -0.494 e. The summed E-state index contributed by atoms with van der Waals surface area (Å²) in [5.74, 6) is 2.64. The van der Waals surface area contributed by atoms with Crippen molar-refractivity contribution in [1.29, 1.82) is 0 Å². The summed E-state index contributed by atoms with van der Waals surface area (Å²) in [5, 5.41) is 0. The number of unbranched alkanes of at least 4 members (excludes halogenated alkanes) is 1. The van der Waals surface area contributed by atoms with Crippen LogP contribution in [0.15, 0.2) is 42.6 Å². The average Bonchev–Trinajstić information content (AvgIpc) is 2.78. The van der Waals surface area contributed by atoms with E-state index in [0.29, 0.717) is 17.9 Å². The van der Waals surface area contributed by atoms with Gasteiger partial charge in [0.05, 0.1) is 18.4 Å². The lowest BCUT2D eigenvalue weighted by atomic mass is 9.78. The summed E-state index contributed by atoms with van der Waals surface area (Å²) in [6.45, 7) is 4.81. The molecule has 1 aliphatic carbocycles. The van der Waals surface area contributed by atoms with Gasteiger partial charge >= 0.3 is 5.97 Å². The molecular formula is C26H35NO3. The topological polar surface area (TPSA) is 48.4 Å². The molecule has 1 aromatic carbocycles. The number of benzene rings is 1. The summed E-state index contributed by atoms with van der Waals surface area (Å²) in [7, 11) is 0. The van der Waals surface area contributed by atoms with Crippen molar-refractivity contribution in [2.45, 2.75) is 71.6 Å². The van der Waals surface area contributed by atoms with E-state index in [0.717, 1.165) is 29.7 Å². The molecule has 0 spiro atoms. The molecule has 1 heterocycles. The Morgan fingerprint density at radius 2 is 1.60 bits per heavy atom. The van der Waals surface area contributed by atoms with Crippen LogP contribution in [-0.2, 0) is 6.42 Å². The zero-order chi connectivity index (χ0) is 21.2. The van der Waals surface area contributed by atoms with Gasteiger partial charge in [0.15, 0.2) is 0 Å². The van der Waals surface area contributed by atoms with Crippen molar-refractivity contribution < 1.29 is 14.3 Å². The van der Waals surface area contributed by atoms with Gasteiger partial charge in [-0.15, -0.1) is 0 Å². The molecular weight excluding hydrogens is 374 g/mol. The number of hydrogen-bond acceptors (Lipinski definition) is 4. The fraction of sp³-hybridized carbons (Fsp3) is 0.538. The van der Waals surface area contributed by atoms with Crippen molar-refractivity contribution in [3.8, 4) is 11.5 Å². The standard InChI is InChI=1S/C26H35NO3/c1-3-5-6-20-7-9-21(10-8-20)11-14-23-15-18-25(19-27-23)30-26(28)22-12-16-24(17-13-22)29-4-2/h12-13,15-21H,3-11,14H2,1-2H3. The van der Waals surface area contributed by atoms with E-state index in [-0.39, 0.29) is 5.97 Å². The average molecular weight is 410 g/mol. The van der Waals surface area contributed by atoms with Crippen LogP contribution in [0.2, 0.25) is 0 Å². The van der Waals surface area contributed by atoms with E-state index in [9.17, 15) is 4.79 Å². The summed E-state index contributed by atoms with van der Waals surface area (Å²) in [6, 6.07) is 10.8. The van der Waals surface area contributed by atoms with Crippen LogP contribution in [0.3, 0.4) is 0 Å². The Balaban J connectivity index is 1.42. The first-order valence-corrected chi connectivity index (χ1v) is 11.6. The van der Waals surface area contributed by atoms with E-state index >= 15 is 0 Å². The highest BCUT2D eigenvalue weighted by atomic mass is 16.5. The second-order valence-corrected chi connectivity index (χ2v) is 8.40. The van der Waals surface area contributed by atoms with E-state index in [1.165, 1.54) is 51.4 Å². The lowest BCUT2D eigenvalue weighted by Gasteiger charge is -2.28. The summed E-state index contributed by atoms with van der Waals surface area (Å²) < 4.78 is 10.8. The summed E-state index contributed by atoms with van der Waals surface area (Å²) in [5.41, 5.74) is 1.57. The molecule has 0 N–H and O–H groups in total. The number of pyridine rings is 1. The van der Waals surface area contributed by atoms with Crippen molar-refractivity contribution in [1.82, 2.24) is 4.98 Å². The zero-order valence-electron chi connectivity index (χ0n) is 18.4. The highest BCUT2D eigenvalue weighted by Gasteiger charge is 2.20. The Bertz CT molecular complexity index is 762. The summed E-state index contributed by atoms with van der Waals surface area (Å²) in [6.07, 6.45) is 13.5. The quantitative estimate of drug-likeness (QED) is 0.413.